The third-order valence-electron chi connectivity index (χ3n) is 6.00. The minimum absolute atomic E-state index is 0.624. The van der Waals surface area contributed by atoms with Gasteiger partial charge in [0.2, 0.25) is 5.88 Å². The molecule has 2 aromatic heterocycles. The van der Waals surface area contributed by atoms with E-state index < -0.39 is 0 Å². The fourth-order valence-electron chi connectivity index (χ4n) is 5.11. The summed E-state index contributed by atoms with van der Waals surface area (Å²) in [6, 6.07) is 6.88. The number of fused-ring (bicyclic) bond motifs is 1. The van der Waals surface area contributed by atoms with E-state index in [1.165, 1.54) is 38.2 Å². The number of piperidine rings is 2. The van der Waals surface area contributed by atoms with Crippen molar-refractivity contribution in [1.29, 1.82) is 0 Å². The molecule has 130 valence electrons. The summed E-state index contributed by atoms with van der Waals surface area (Å²) in [5.74, 6) is 2.34. The molecule has 0 aromatic carbocycles. The lowest BCUT2D eigenvalue weighted by Crippen LogP contribution is -2.49. The van der Waals surface area contributed by atoms with Gasteiger partial charge < -0.3 is 14.5 Å². The van der Waals surface area contributed by atoms with Crippen molar-refractivity contribution in [3.8, 4) is 17.0 Å². The minimum atomic E-state index is 0.624. The lowest BCUT2D eigenvalue weighted by atomic mass is 9.84. The van der Waals surface area contributed by atoms with Crippen molar-refractivity contribution in [2.24, 2.45) is 11.8 Å². The van der Waals surface area contributed by atoms with Crippen LogP contribution in [0.2, 0.25) is 0 Å². The number of methoxy groups -OCH3 is 1. The number of anilines is 1. The molecule has 0 spiro atoms. The molecular formula is C20H24N4O. The molecule has 4 fully saturated rings. The van der Waals surface area contributed by atoms with Crippen LogP contribution >= 0.6 is 0 Å². The topological polar surface area (TPSA) is 41.5 Å². The maximum atomic E-state index is 5.44. The van der Waals surface area contributed by atoms with Crippen LogP contribution in [-0.2, 0) is 0 Å². The molecule has 0 saturated carbocycles. The summed E-state index contributed by atoms with van der Waals surface area (Å²) >= 11 is 0. The van der Waals surface area contributed by atoms with Gasteiger partial charge in [-0.15, -0.1) is 0 Å². The summed E-state index contributed by atoms with van der Waals surface area (Å²) in [6.45, 7) is 4.94. The Morgan fingerprint density at radius 3 is 2.88 bits per heavy atom. The van der Waals surface area contributed by atoms with Gasteiger partial charge in [0.1, 0.15) is 0 Å². The second kappa shape index (κ2) is 5.99. The lowest BCUT2D eigenvalue weighted by Gasteiger charge is -2.41. The first-order valence-electron chi connectivity index (χ1n) is 9.23. The quantitative estimate of drug-likeness (QED) is 0.862. The summed E-state index contributed by atoms with van der Waals surface area (Å²) in [5, 5.41) is 0. The largest absolute Gasteiger partial charge is 0.481 e. The van der Waals surface area contributed by atoms with Gasteiger partial charge >= 0.3 is 0 Å². The van der Waals surface area contributed by atoms with E-state index in [1.54, 1.807) is 13.3 Å². The van der Waals surface area contributed by atoms with Gasteiger partial charge in [-0.3, -0.25) is 4.98 Å². The highest BCUT2D eigenvalue weighted by atomic mass is 16.5. The van der Waals surface area contributed by atoms with E-state index in [-0.39, 0.29) is 0 Å². The highest BCUT2D eigenvalue weighted by molar-refractivity contribution is 5.71. The first-order chi connectivity index (χ1) is 12.3. The van der Waals surface area contributed by atoms with Gasteiger partial charge in [-0.1, -0.05) is 0 Å². The van der Waals surface area contributed by atoms with Crippen LogP contribution in [0.25, 0.3) is 11.1 Å². The van der Waals surface area contributed by atoms with Crippen LogP contribution < -0.4 is 9.64 Å². The van der Waals surface area contributed by atoms with Crippen LogP contribution in [0.15, 0.2) is 36.8 Å². The van der Waals surface area contributed by atoms with Gasteiger partial charge in [0.15, 0.2) is 0 Å². The second-order valence-corrected chi connectivity index (χ2v) is 7.72. The van der Waals surface area contributed by atoms with Crippen molar-refractivity contribution in [1.82, 2.24) is 14.9 Å². The number of pyridine rings is 2. The molecule has 25 heavy (non-hydrogen) atoms. The fraction of sp³-hybridized carbons (Fsp3) is 0.500. The SMILES string of the molecule is COc1ncccc1-c1cncc(N2CC3CC4CC2CN(C4)C3)c1. The van der Waals surface area contributed by atoms with Crippen molar-refractivity contribution in [3.63, 3.8) is 0 Å². The van der Waals surface area contributed by atoms with E-state index in [2.05, 4.69) is 25.8 Å². The van der Waals surface area contributed by atoms with Crippen LogP contribution in [0, 0.1) is 11.8 Å². The first-order valence-corrected chi connectivity index (χ1v) is 9.23. The third kappa shape index (κ3) is 2.67. The Balaban J connectivity index is 1.51. The molecule has 0 N–H and O–H groups in total. The maximum absolute atomic E-state index is 5.44. The predicted octanol–water partition coefficient (Wildman–Crippen LogP) is 2.68. The molecule has 5 nitrogen and oxygen atoms in total. The number of hydrogen-bond donors (Lipinski definition) is 0. The number of ether oxygens (including phenoxy) is 1. The first kappa shape index (κ1) is 15.1. The van der Waals surface area contributed by atoms with Crippen molar-refractivity contribution in [2.45, 2.75) is 18.9 Å². The van der Waals surface area contributed by atoms with E-state index in [9.17, 15) is 0 Å². The monoisotopic (exact) mass is 336 g/mol. The molecular weight excluding hydrogens is 312 g/mol. The summed E-state index contributed by atoms with van der Waals surface area (Å²) in [5.41, 5.74) is 3.32. The Labute approximate surface area is 148 Å². The average Bonchev–Trinajstić information content (AvgIpc) is 2.85. The summed E-state index contributed by atoms with van der Waals surface area (Å²) in [4.78, 5) is 14.2. The summed E-state index contributed by atoms with van der Waals surface area (Å²) in [7, 11) is 1.67. The van der Waals surface area contributed by atoms with Gasteiger partial charge in [-0.05, 0) is 42.9 Å². The van der Waals surface area contributed by atoms with Crippen molar-refractivity contribution in [3.05, 3.63) is 36.8 Å². The molecule has 4 bridgehead atoms. The van der Waals surface area contributed by atoms with Crippen LogP contribution in [0.5, 0.6) is 5.88 Å². The Morgan fingerprint density at radius 2 is 2.00 bits per heavy atom. The van der Waals surface area contributed by atoms with E-state index in [4.69, 9.17) is 4.74 Å². The predicted molar refractivity (Wildman–Crippen MR) is 97.8 cm³/mol. The highest BCUT2D eigenvalue weighted by Crippen LogP contribution is 2.39. The number of aromatic nitrogens is 2. The summed E-state index contributed by atoms with van der Waals surface area (Å²) in [6.07, 6.45) is 8.42. The van der Waals surface area contributed by atoms with Gasteiger partial charge in [0, 0.05) is 55.7 Å². The van der Waals surface area contributed by atoms with E-state index in [0.29, 0.717) is 11.9 Å². The van der Waals surface area contributed by atoms with Crippen molar-refractivity contribution >= 4 is 5.69 Å². The zero-order valence-electron chi connectivity index (χ0n) is 14.6. The molecule has 6 rings (SSSR count). The van der Waals surface area contributed by atoms with Crippen molar-refractivity contribution in [2.75, 3.05) is 38.2 Å². The third-order valence-corrected chi connectivity index (χ3v) is 6.00. The molecule has 0 radical (unpaired) electrons. The van der Waals surface area contributed by atoms with Crippen LogP contribution in [0.3, 0.4) is 0 Å². The molecule has 4 aliphatic rings. The molecule has 2 aromatic rings. The maximum Gasteiger partial charge on any atom is 0.221 e. The van der Waals surface area contributed by atoms with E-state index in [1.807, 2.05) is 24.5 Å². The van der Waals surface area contributed by atoms with Crippen LogP contribution in [0.4, 0.5) is 5.69 Å². The molecule has 4 saturated heterocycles. The van der Waals surface area contributed by atoms with Gasteiger partial charge in [-0.25, -0.2) is 4.98 Å². The molecule has 4 aliphatic heterocycles. The normalized spacial score (nSPS) is 30.4. The molecule has 0 aliphatic carbocycles. The fourth-order valence-corrected chi connectivity index (χ4v) is 5.11. The molecule has 4 atom stereocenters. The number of rotatable bonds is 3. The molecule has 6 heterocycles. The van der Waals surface area contributed by atoms with E-state index in [0.717, 1.165) is 29.5 Å². The Bertz CT molecular complexity index is 766. The number of nitrogens with zero attached hydrogens (tertiary/aromatic N) is 4. The smallest absolute Gasteiger partial charge is 0.221 e. The molecule has 5 heteroatoms. The summed E-state index contributed by atoms with van der Waals surface area (Å²) < 4.78 is 5.44. The highest BCUT2D eigenvalue weighted by Gasteiger charge is 2.41. The van der Waals surface area contributed by atoms with Gasteiger partial charge in [-0.2, -0.15) is 0 Å². The van der Waals surface area contributed by atoms with Crippen LogP contribution in [-0.4, -0.2) is 54.2 Å². The lowest BCUT2D eigenvalue weighted by molar-refractivity contribution is 0.0980. The average molecular weight is 336 g/mol. The molecule has 0 amide bonds. The zero-order valence-corrected chi connectivity index (χ0v) is 14.6. The Kier molecular flexibility index (Phi) is 3.63. The Hall–Kier alpha value is -2.14. The van der Waals surface area contributed by atoms with Crippen LogP contribution in [0.1, 0.15) is 12.8 Å². The van der Waals surface area contributed by atoms with Gasteiger partial charge in [0.05, 0.1) is 19.0 Å². The van der Waals surface area contributed by atoms with Gasteiger partial charge in [0.25, 0.3) is 0 Å². The number of hydrogen-bond acceptors (Lipinski definition) is 5. The van der Waals surface area contributed by atoms with Crippen molar-refractivity contribution < 1.29 is 4.74 Å². The zero-order chi connectivity index (χ0) is 16.8. The Morgan fingerprint density at radius 1 is 1.08 bits per heavy atom. The molecule has 4 unspecified atom stereocenters. The standard InChI is InChI=1S/C20H24N4O/c1-25-20-19(3-2-4-22-20)16-7-17(9-21-8-16)24-12-15-5-14-6-18(24)13-23(10-14)11-15/h2-4,7-9,14-15,18H,5-6,10-13H2,1H3. The minimum Gasteiger partial charge on any atom is -0.481 e. The van der Waals surface area contributed by atoms with E-state index >= 15 is 0 Å². The second-order valence-electron chi connectivity index (χ2n) is 7.72.